The third-order valence-electron chi connectivity index (χ3n) is 2.81. The maximum absolute atomic E-state index is 10.6. The molecule has 0 aliphatic heterocycles. The molecular weight excluding hydrogens is 238 g/mol. The Morgan fingerprint density at radius 2 is 2.29 bits per heavy atom. The minimum atomic E-state index is -0.775. The van der Waals surface area contributed by atoms with Crippen molar-refractivity contribution in [2.45, 2.75) is 45.1 Å². The molecule has 0 amide bonds. The fourth-order valence-electron chi connectivity index (χ4n) is 1.64. The van der Waals surface area contributed by atoms with Crippen LogP contribution in [0.25, 0.3) is 0 Å². The summed E-state index contributed by atoms with van der Waals surface area (Å²) in [6, 6.07) is 0.245. The average Bonchev–Trinajstić information content (AvgIpc) is 2.98. The molecule has 6 heteroatoms. The molecule has 1 heterocycles. The van der Waals surface area contributed by atoms with E-state index in [1.54, 1.807) is 0 Å². The molecule has 1 saturated carbocycles. The molecular formula is C11H17N3O2S. The number of carboxylic acid groups (broad SMARTS) is 1. The van der Waals surface area contributed by atoms with Gasteiger partial charge in [0.2, 0.25) is 5.13 Å². The molecule has 1 aliphatic rings. The van der Waals surface area contributed by atoms with Gasteiger partial charge in [-0.2, -0.15) is 4.37 Å². The second kappa shape index (κ2) is 5.00. The third kappa shape index (κ3) is 3.15. The number of anilines is 1. The first kappa shape index (κ1) is 12.3. The van der Waals surface area contributed by atoms with Crippen molar-refractivity contribution in [3.63, 3.8) is 0 Å². The Morgan fingerprint density at radius 1 is 1.59 bits per heavy atom. The Kier molecular flexibility index (Phi) is 3.61. The summed E-state index contributed by atoms with van der Waals surface area (Å²) in [7, 11) is 0. The van der Waals surface area contributed by atoms with Gasteiger partial charge in [-0.15, -0.1) is 0 Å². The van der Waals surface area contributed by atoms with Crippen LogP contribution in [0.3, 0.4) is 0 Å². The monoisotopic (exact) mass is 255 g/mol. The second-order valence-electron chi connectivity index (χ2n) is 4.64. The quantitative estimate of drug-likeness (QED) is 0.843. The van der Waals surface area contributed by atoms with Crippen molar-refractivity contribution in [3.8, 4) is 0 Å². The van der Waals surface area contributed by atoms with Gasteiger partial charge in [-0.3, -0.25) is 4.79 Å². The second-order valence-corrected chi connectivity index (χ2v) is 5.37. The van der Waals surface area contributed by atoms with E-state index in [0.29, 0.717) is 12.5 Å². The number of aliphatic carboxylic acids is 1. The lowest BCUT2D eigenvalue weighted by atomic mass is 10.3. The van der Waals surface area contributed by atoms with Crippen molar-refractivity contribution < 1.29 is 9.90 Å². The summed E-state index contributed by atoms with van der Waals surface area (Å²) in [5, 5.41) is 9.59. The van der Waals surface area contributed by atoms with Crippen molar-refractivity contribution in [3.05, 3.63) is 5.82 Å². The van der Waals surface area contributed by atoms with Crippen molar-refractivity contribution >= 4 is 22.6 Å². The van der Waals surface area contributed by atoms with E-state index in [4.69, 9.17) is 5.11 Å². The number of rotatable bonds is 6. The van der Waals surface area contributed by atoms with Crippen LogP contribution in [0.2, 0.25) is 0 Å². The Hall–Kier alpha value is -1.17. The molecule has 0 aromatic carbocycles. The Bertz CT molecular complexity index is 401. The van der Waals surface area contributed by atoms with Crippen LogP contribution < -0.4 is 4.90 Å². The molecule has 5 nitrogen and oxygen atoms in total. The van der Waals surface area contributed by atoms with E-state index in [1.807, 2.05) is 18.7 Å². The first-order chi connectivity index (χ1) is 8.08. The Balaban J connectivity index is 2.05. The molecule has 0 spiro atoms. The smallest absolute Gasteiger partial charge is 0.305 e. The molecule has 0 radical (unpaired) electrons. The van der Waals surface area contributed by atoms with Crippen LogP contribution in [0.1, 0.15) is 44.9 Å². The number of aromatic nitrogens is 2. The minimum Gasteiger partial charge on any atom is -0.481 e. The highest BCUT2D eigenvalue weighted by molar-refractivity contribution is 7.09. The fourth-order valence-corrected chi connectivity index (χ4v) is 2.55. The molecule has 1 aromatic heterocycles. The number of carboxylic acids is 1. The van der Waals surface area contributed by atoms with Gasteiger partial charge in [-0.25, -0.2) is 4.98 Å². The van der Waals surface area contributed by atoms with E-state index < -0.39 is 5.97 Å². The number of hydrogen-bond acceptors (Lipinski definition) is 5. The van der Waals surface area contributed by atoms with E-state index in [0.717, 1.165) is 11.0 Å². The summed E-state index contributed by atoms with van der Waals surface area (Å²) in [6.07, 6.45) is 2.51. The van der Waals surface area contributed by atoms with Crippen LogP contribution >= 0.6 is 11.5 Å². The largest absolute Gasteiger partial charge is 0.481 e. The van der Waals surface area contributed by atoms with Crippen molar-refractivity contribution in [1.82, 2.24) is 9.36 Å². The zero-order valence-corrected chi connectivity index (χ0v) is 10.9. The lowest BCUT2D eigenvalue weighted by Gasteiger charge is -2.24. The number of carbonyl (C=O) groups is 1. The van der Waals surface area contributed by atoms with Gasteiger partial charge in [0.25, 0.3) is 0 Å². The Morgan fingerprint density at radius 3 is 2.82 bits per heavy atom. The summed E-state index contributed by atoms with van der Waals surface area (Å²) in [5.41, 5.74) is 0. The van der Waals surface area contributed by atoms with E-state index in [2.05, 4.69) is 9.36 Å². The first-order valence-corrected chi connectivity index (χ1v) is 6.67. The van der Waals surface area contributed by atoms with Gasteiger partial charge < -0.3 is 10.0 Å². The molecule has 17 heavy (non-hydrogen) atoms. The summed E-state index contributed by atoms with van der Waals surface area (Å²) < 4.78 is 4.35. The minimum absolute atomic E-state index is 0.135. The van der Waals surface area contributed by atoms with Gasteiger partial charge in [-0.1, -0.05) is 0 Å². The van der Waals surface area contributed by atoms with Crippen molar-refractivity contribution in [2.24, 2.45) is 0 Å². The molecule has 0 atom stereocenters. The first-order valence-electron chi connectivity index (χ1n) is 5.90. The van der Waals surface area contributed by atoms with Gasteiger partial charge in [0.05, 0.1) is 6.42 Å². The molecule has 1 aromatic rings. The molecule has 0 bridgehead atoms. The molecule has 1 fully saturated rings. The normalized spacial score (nSPS) is 15.2. The summed E-state index contributed by atoms with van der Waals surface area (Å²) in [5.74, 6) is 0.710. The average molecular weight is 255 g/mol. The van der Waals surface area contributed by atoms with Gasteiger partial charge in [0.15, 0.2) is 0 Å². The number of nitrogens with zero attached hydrogens (tertiary/aromatic N) is 3. The SMILES string of the molecule is CC(C)N(CCC(=O)O)c1nc(C2CC2)ns1. The van der Waals surface area contributed by atoms with Gasteiger partial charge in [0, 0.05) is 30.0 Å². The van der Waals surface area contributed by atoms with Crippen LogP contribution in [0.4, 0.5) is 5.13 Å². The van der Waals surface area contributed by atoms with Gasteiger partial charge in [-0.05, 0) is 26.7 Å². The summed E-state index contributed by atoms with van der Waals surface area (Å²) >= 11 is 1.38. The lowest BCUT2D eigenvalue weighted by Crippen LogP contribution is -2.32. The van der Waals surface area contributed by atoms with Gasteiger partial charge in [0.1, 0.15) is 5.82 Å². The van der Waals surface area contributed by atoms with Crippen LogP contribution in [-0.4, -0.2) is 33.0 Å². The summed E-state index contributed by atoms with van der Waals surface area (Å²) in [4.78, 5) is 17.1. The molecule has 1 aliphatic carbocycles. The van der Waals surface area contributed by atoms with Crippen LogP contribution in [0.5, 0.6) is 0 Å². The molecule has 0 unspecified atom stereocenters. The number of hydrogen-bond donors (Lipinski definition) is 1. The zero-order valence-electron chi connectivity index (χ0n) is 10.1. The predicted molar refractivity (Wildman–Crippen MR) is 66.6 cm³/mol. The summed E-state index contributed by atoms with van der Waals surface area (Å²) in [6.45, 7) is 4.58. The van der Waals surface area contributed by atoms with E-state index in [-0.39, 0.29) is 12.5 Å². The van der Waals surface area contributed by atoms with E-state index in [1.165, 1.54) is 24.4 Å². The van der Waals surface area contributed by atoms with E-state index in [9.17, 15) is 4.79 Å². The molecule has 1 N–H and O–H groups in total. The molecule has 0 saturated heterocycles. The molecule has 2 rings (SSSR count). The van der Waals surface area contributed by atoms with Gasteiger partial charge >= 0.3 is 5.97 Å². The maximum atomic E-state index is 10.6. The standard InChI is InChI=1S/C11H17N3O2S/c1-7(2)14(6-5-9(15)16)11-12-10(13-17-11)8-3-4-8/h7-8H,3-6H2,1-2H3,(H,15,16). The highest BCUT2D eigenvalue weighted by Gasteiger charge is 2.29. The highest BCUT2D eigenvalue weighted by atomic mass is 32.1. The van der Waals surface area contributed by atoms with E-state index >= 15 is 0 Å². The van der Waals surface area contributed by atoms with Crippen molar-refractivity contribution in [2.75, 3.05) is 11.4 Å². The zero-order chi connectivity index (χ0) is 12.4. The third-order valence-corrected chi connectivity index (χ3v) is 3.58. The Labute approximate surface area is 105 Å². The topological polar surface area (TPSA) is 66.3 Å². The highest BCUT2D eigenvalue weighted by Crippen LogP contribution is 2.39. The van der Waals surface area contributed by atoms with Crippen LogP contribution in [0.15, 0.2) is 0 Å². The van der Waals surface area contributed by atoms with Crippen LogP contribution in [-0.2, 0) is 4.79 Å². The van der Waals surface area contributed by atoms with Crippen LogP contribution in [0, 0.1) is 0 Å². The predicted octanol–water partition coefficient (Wildman–Crippen LogP) is 2.10. The fraction of sp³-hybridized carbons (Fsp3) is 0.727. The van der Waals surface area contributed by atoms with Crippen molar-refractivity contribution in [1.29, 1.82) is 0 Å². The maximum Gasteiger partial charge on any atom is 0.305 e. The molecule has 94 valence electrons. The lowest BCUT2D eigenvalue weighted by molar-refractivity contribution is -0.136.